The Bertz CT molecular complexity index is 1040. The molecule has 1 fully saturated rings. The molecule has 1 aliphatic carbocycles. The average Bonchev–Trinajstić information content (AvgIpc) is 3.41. The number of carboxylic acids is 1. The minimum Gasteiger partial charge on any atom is -0.480 e. The first kappa shape index (κ1) is 24.8. The van der Waals surface area contributed by atoms with Crippen LogP contribution in [0.2, 0.25) is 0 Å². The van der Waals surface area contributed by atoms with Crippen LogP contribution in [0, 0.1) is 0 Å². The molecular weight excluding hydrogens is 444 g/mol. The van der Waals surface area contributed by atoms with Crippen LogP contribution in [-0.2, 0) is 14.3 Å². The van der Waals surface area contributed by atoms with Crippen LogP contribution in [0.15, 0.2) is 48.5 Å². The first-order valence-corrected chi connectivity index (χ1v) is 12.5. The van der Waals surface area contributed by atoms with Gasteiger partial charge in [0.1, 0.15) is 12.1 Å². The number of rotatable bonds is 10. The molecule has 7 heteroatoms. The van der Waals surface area contributed by atoms with Crippen molar-refractivity contribution in [2.75, 3.05) is 19.7 Å². The Balaban J connectivity index is 1.12. The summed E-state index contributed by atoms with van der Waals surface area (Å²) >= 11 is 0. The van der Waals surface area contributed by atoms with E-state index in [9.17, 15) is 19.5 Å². The second kappa shape index (κ2) is 10.9. The van der Waals surface area contributed by atoms with Crippen molar-refractivity contribution in [1.29, 1.82) is 0 Å². The van der Waals surface area contributed by atoms with Crippen LogP contribution in [-0.4, -0.2) is 53.2 Å². The molecule has 0 bridgehead atoms. The second-order valence-electron chi connectivity index (χ2n) is 9.64. The van der Waals surface area contributed by atoms with E-state index in [4.69, 9.17) is 4.74 Å². The molecule has 0 spiro atoms. The van der Waals surface area contributed by atoms with Gasteiger partial charge in [0.25, 0.3) is 0 Å². The number of amides is 2. The number of ether oxygens (including phenoxy) is 1. The van der Waals surface area contributed by atoms with Gasteiger partial charge in [0.15, 0.2) is 0 Å². The summed E-state index contributed by atoms with van der Waals surface area (Å²) in [7, 11) is 0. The number of fused-ring (bicyclic) bond motifs is 3. The zero-order chi connectivity index (χ0) is 24.8. The molecule has 2 aliphatic rings. The topological polar surface area (TPSA) is 95.9 Å². The molecule has 1 atom stereocenters. The fraction of sp³-hybridized carbons (Fsp3) is 0.464. The van der Waals surface area contributed by atoms with Crippen LogP contribution in [0.3, 0.4) is 0 Å². The predicted molar refractivity (Wildman–Crippen MR) is 133 cm³/mol. The lowest BCUT2D eigenvalue weighted by atomic mass is 9.98. The van der Waals surface area contributed by atoms with Gasteiger partial charge in [-0.3, -0.25) is 4.79 Å². The highest BCUT2D eigenvalue weighted by atomic mass is 16.5. The Labute approximate surface area is 206 Å². The number of nitrogens with one attached hydrogen (secondary N) is 1. The van der Waals surface area contributed by atoms with Crippen LogP contribution < -0.4 is 5.32 Å². The molecule has 7 nitrogen and oxygen atoms in total. The second-order valence-corrected chi connectivity index (χ2v) is 9.64. The molecule has 1 heterocycles. The number of benzene rings is 2. The largest absolute Gasteiger partial charge is 0.480 e. The summed E-state index contributed by atoms with van der Waals surface area (Å²) in [4.78, 5) is 37.8. The summed E-state index contributed by atoms with van der Waals surface area (Å²) in [6.45, 7) is 2.97. The van der Waals surface area contributed by atoms with Crippen molar-refractivity contribution in [2.45, 2.75) is 63.3 Å². The zero-order valence-corrected chi connectivity index (χ0v) is 20.3. The number of hydrogen-bond acceptors (Lipinski definition) is 4. The quantitative estimate of drug-likeness (QED) is 0.472. The number of carbonyl (C=O) groups excluding carboxylic acids is 2. The molecule has 1 saturated heterocycles. The first-order chi connectivity index (χ1) is 16.9. The number of carboxylic acid groups (broad SMARTS) is 1. The lowest BCUT2D eigenvalue weighted by molar-refractivity contribution is -0.155. The maximum Gasteiger partial charge on any atom is 0.407 e. The zero-order valence-electron chi connectivity index (χ0n) is 20.3. The SMILES string of the molecule is C[C@@]1(C(=O)O)CCCN1C(=O)CCCCCCNC(=O)OCC1c2ccccc2-c2ccccc21. The fourth-order valence-corrected chi connectivity index (χ4v) is 5.32. The Morgan fingerprint density at radius 3 is 2.29 bits per heavy atom. The molecule has 0 saturated carbocycles. The molecule has 1 aliphatic heterocycles. The van der Waals surface area contributed by atoms with E-state index >= 15 is 0 Å². The number of hydrogen-bond donors (Lipinski definition) is 2. The number of aliphatic carboxylic acids is 1. The van der Waals surface area contributed by atoms with Gasteiger partial charge in [0.2, 0.25) is 5.91 Å². The molecular formula is C28H34N2O5. The third-order valence-corrected chi connectivity index (χ3v) is 7.33. The van der Waals surface area contributed by atoms with Crippen molar-refractivity contribution in [3.05, 3.63) is 59.7 Å². The standard InChI is InChI=1S/C28H34N2O5/c1-28(26(32)33)16-10-18-30(28)25(31)15-4-2-3-9-17-29-27(34)35-19-24-22-13-7-5-11-20(22)21-12-6-8-14-23(21)24/h5-8,11-14,24H,2-4,9-10,15-19H2,1H3,(H,29,34)(H,32,33)/t28-/m0/s1. The highest BCUT2D eigenvalue weighted by Crippen LogP contribution is 2.44. The molecule has 186 valence electrons. The van der Waals surface area contributed by atoms with E-state index in [1.165, 1.54) is 27.2 Å². The van der Waals surface area contributed by atoms with Gasteiger partial charge in [-0.15, -0.1) is 0 Å². The summed E-state index contributed by atoms with van der Waals surface area (Å²) in [5.74, 6) is -0.962. The van der Waals surface area contributed by atoms with Crippen LogP contribution in [0.4, 0.5) is 4.79 Å². The van der Waals surface area contributed by atoms with Crippen molar-refractivity contribution in [3.63, 3.8) is 0 Å². The lowest BCUT2D eigenvalue weighted by Gasteiger charge is -2.31. The Morgan fingerprint density at radius 2 is 1.63 bits per heavy atom. The van der Waals surface area contributed by atoms with Crippen molar-refractivity contribution in [3.8, 4) is 11.1 Å². The summed E-state index contributed by atoms with van der Waals surface area (Å²) in [6, 6.07) is 16.5. The van der Waals surface area contributed by atoms with E-state index in [0.717, 1.165) is 32.1 Å². The van der Waals surface area contributed by atoms with E-state index in [0.29, 0.717) is 32.5 Å². The minimum absolute atomic E-state index is 0.0456. The molecule has 35 heavy (non-hydrogen) atoms. The summed E-state index contributed by atoms with van der Waals surface area (Å²) < 4.78 is 5.55. The van der Waals surface area contributed by atoms with Crippen molar-refractivity contribution >= 4 is 18.0 Å². The van der Waals surface area contributed by atoms with Gasteiger partial charge >= 0.3 is 12.1 Å². The fourth-order valence-electron chi connectivity index (χ4n) is 5.32. The van der Waals surface area contributed by atoms with Gasteiger partial charge in [0.05, 0.1) is 0 Å². The first-order valence-electron chi connectivity index (χ1n) is 12.5. The number of likely N-dealkylation sites (tertiary alicyclic amines) is 1. The highest BCUT2D eigenvalue weighted by molar-refractivity contribution is 5.87. The Morgan fingerprint density at radius 1 is 1.00 bits per heavy atom. The van der Waals surface area contributed by atoms with Crippen LogP contribution in [0.5, 0.6) is 0 Å². The van der Waals surface area contributed by atoms with Crippen LogP contribution in [0.25, 0.3) is 11.1 Å². The van der Waals surface area contributed by atoms with Gasteiger partial charge in [-0.2, -0.15) is 0 Å². The number of nitrogens with zero attached hydrogens (tertiary/aromatic N) is 1. The van der Waals surface area contributed by atoms with Gasteiger partial charge in [-0.05, 0) is 54.9 Å². The molecule has 2 aromatic carbocycles. The van der Waals surface area contributed by atoms with Crippen molar-refractivity contribution in [2.24, 2.45) is 0 Å². The Kier molecular flexibility index (Phi) is 7.73. The third kappa shape index (κ3) is 5.34. The minimum atomic E-state index is -1.07. The van der Waals surface area contributed by atoms with Crippen molar-refractivity contribution < 1.29 is 24.2 Å². The molecule has 2 N–H and O–H groups in total. The maximum absolute atomic E-state index is 12.5. The lowest BCUT2D eigenvalue weighted by Crippen LogP contribution is -2.50. The highest BCUT2D eigenvalue weighted by Gasteiger charge is 2.45. The van der Waals surface area contributed by atoms with Gasteiger partial charge in [-0.25, -0.2) is 9.59 Å². The van der Waals surface area contributed by atoms with Crippen LogP contribution in [0.1, 0.15) is 68.9 Å². The summed E-state index contributed by atoms with van der Waals surface area (Å²) in [5, 5.41) is 12.3. The molecule has 2 aromatic rings. The van der Waals surface area contributed by atoms with E-state index in [2.05, 4.69) is 29.6 Å². The average molecular weight is 479 g/mol. The maximum atomic E-state index is 12.5. The number of carbonyl (C=O) groups is 3. The van der Waals surface area contributed by atoms with E-state index < -0.39 is 17.6 Å². The van der Waals surface area contributed by atoms with E-state index in [1.807, 2.05) is 24.3 Å². The molecule has 0 aromatic heterocycles. The van der Waals surface area contributed by atoms with Crippen molar-refractivity contribution in [1.82, 2.24) is 10.2 Å². The number of unbranched alkanes of at least 4 members (excludes halogenated alkanes) is 3. The molecule has 0 radical (unpaired) electrons. The molecule has 4 rings (SSSR count). The third-order valence-electron chi connectivity index (χ3n) is 7.33. The van der Waals surface area contributed by atoms with E-state index in [-0.39, 0.29) is 11.8 Å². The van der Waals surface area contributed by atoms with E-state index in [1.54, 1.807) is 6.92 Å². The summed E-state index contributed by atoms with van der Waals surface area (Å²) in [5.41, 5.74) is 3.72. The monoisotopic (exact) mass is 478 g/mol. The normalized spacial score (nSPS) is 18.7. The molecule has 0 unspecified atom stereocenters. The summed E-state index contributed by atoms with van der Waals surface area (Å²) in [6.07, 6.45) is 4.45. The Hall–Kier alpha value is -3.35. The van der Waals surface area contributed by atoms with Gasteiger partial charge in [-0.1, -0.05) is 61.4 Å². The predicted octanol–water partition coefficient (Wildman–Crippen LogP) is 4.94. The molecule has 2 amide bonds. The van der Waals surface area contributed by atoms with Gasteiger partial charge in [0, 0.05) is 25.4 Å². The van der Waals surface area contributed by atoms with Crippen LogP contribution >= 0.6 is 0 Å². The number of alkyl carbamates (subject to hydrolysis) is 1. The van der Waals surface area contributed by atoms with Gasteiger partial charge < -0.3 is 20.1 Å². The smallest absolute Gasteiger partial charge is 0.407 e.